The molecule has 2 N–H and O–H groups in total. The van der Waals surface area contributed by atoms with Crippen molar-refractivity contribution in [2.45, 2.75) is 0 Å². The van der Waals surface area contributed by atoms with Gasteiger partial charge in [-0.2, -0.15) is 0 Å². The van der Waals surface area contributed by atoms with Gasteiger partial charge in [-0.25, -0.2) is 19.3 Å². The number of hydrogen-bond acceptors (Lipinski definition) is 6. The lowest BCUT2D eigenvalue weighted by Gasteiger charge is -2.08. The Morgan fingerprint density at radius 2 is 1.50 bits per heavy atom. The third kappa shape index (κ3) is 3.24. The quantitative estimate of drug-likeness (QED) is 0.458. The molecule has 0 aliphatic carbocycles. The maximum absolute atomic E-state index is 13.6. The van der Waals surface area contributed by atoms with E-state index in [4.69, 9.17) is 15.2 Å². The molecule has 0 atom stereocenters. The number of ether oxygens (including phenoxy) is 2. The van der Waals surface area contributed by atoms with Crippen LogP contribution in [-0.4, -0.2) is 26.2 Å². The maximum Gasteiger partial charge on any atom is 0.339 e. The molecule has 32 heavy (non-hydrogen) atoms. The van der Waals surface area contributed by atoms with Crippen molar-refractivity contribution in [2.75, 3.05) is 12.8 Å². The first-order valence-electron chi connectivity index (χ1n) is 9.88. The van der Waals surface area contributed by atoms with Crippen molar-refractivity contribution in [3.63, 3.8) is 0 Å². The molecule has 5 aromatic rings. The summed E-state index contributed by atoms with van der Waals surface area (Å²) in [7, 11) is 1.55. The summed E-state index contributed by atoms with van der Waals surface area (Å²) in [6.45, 7) is 0. The van der Waals surface area contributed by atoms with Crippen LogP contribution in [0.25, 0.3) is 22.5 Å². The highest BCUT2D eigenvalue weighted by Crippen LogP contribution is 2.28. The molecule has 0 amide bonds. The molecule has 5 rings (SSSR count). The summed E-state index contributed by atoms with van der Waals surface area (Å²) in [4.78, 5) is 22.0. The van der Waals surface area contributed by atoms with Crippen LogP contribution < -0.4 is 20.9 Å². The van der Waals surface area contributed by atoms with Gasteiger partial charge in [-0.3, -0.25) is 4.57 Å². The number of rotatable bonds is 5. The highest BCUT2D eigenvalue weighted by molar-refractivity contribution is 5.85. The van der Waals surface area contributed by atoms with E-state index in [0.717, 1.165) is 5.75 Å². The van der Waals surface area contributed by atoms with Gasteiger partial charge in [-0.15, -0.1) is 0 Å². The summed E-state index contributed by atoms with van der Waals surface area (Å²) in [5.74, 6) is 2.11. The summed E-state index contributed by atoms with van der Waals surface area (Å²) >= 11 is 0. The first kappa shape index (κ1) is 19.4. The fourth-order valence-corrected chi connectivity index (χ4v) is 3.61. The first-order chi connectivity index (χ1) is 15.7. The zero-order valence-corrected chi connectivity index (χ0v) is 17.2. The van der Waals surface area contributed by atoms with E-state index >= 15 is 0 Å². The number of imidazole rings is 1. The van der Waals surface area contributed by atoms with Gasteiger partial charge in [-0.1, -0.05) is 30.3 Å². The molecule has 0 radical (unpaired) electrons. The van der Waals surface area contributed by atoms with Gasteiger partial charge >= 0.3 is 5.69 Å². The number of anilines is 1. The Labute approximate surface area is 183 Å². The largest absolute Gasteiger partial charge is 0.495 e. The van der Waals surface area contributed by atoms with Crippen LogP contribution in [0.1, 0.15) is 0 Å². The minimum atomic E-state index is -0.339. The van der Waals surface area contributed by atoms with E-state index in [-0.39, 0.29) is 11.5 Å². The summed E-state index contributed by atoms with van der Waals surface area (Å²) < 4.78 is 14.3. The summed E-state index contributed by atoms with van der Waals surface area (Å²) in [6.07, 6.45) is 1.34. The topological polar surface area (TPSA) is 97.2 Å². The predicted molar refractivity (Wildman–Crippen MR) is 122 cm³/mol. The van der Waals surface area contributed by atoms with Crippen LogP contribution in [0.15, 0.2) is 90.0 Å². The van der Waals surface area contributed by atoms with Crippen LogP contribution in [-0.2, 0) is 0 Å². The molecule has 0 saturated carbocycles. The fraction of sp³-hybridized carbons (Fsp3) is 0.0417. The summed E-state index contributed by atoms with van der Waals surface area (Å²) in [5.41, 5.74) is 7.81. The molecule has 0 saturated heterocycles. The maximum atomic E-state index is 13.6. The third-order valence-corrected chi connectivity index (χ3v) is 5.05. The molecule has 8 nitrogen and oxygen atoms in total. The Morgan fingerprint density at radius 1 is 0.812 bits per heavy atom. The molecule has 0 aliphatic rings. The standard InChI is InChI=1S/C24H19N5O3/c1-31-20-10-6-5-9-19(20)29-23-21(22(25)26-15-27-23)28(24(29)30)16-11-13-18(14-12-16)32-17-7-3-2-4-8-17/h2-15H,1H3,(H2,25,26,27). The zero-order valence-electron chi connectivity index (χ0n) is 17.2. The van der Waals surface area contributed by atoms with Gasteiger partial charge in [0.1, 0.15) is 29.1 Å². The molecular formula is C24H19N5O3. The first-order valence-corrected chi connectivity index (χ1v) is 9.88. The van der Waals surface area contributed by atoms with Gasteiger partial charge in [0.2, 0.25) is 0 Å². The number of nitrogens with two attached hydrogens (primary N) is 1. The SMILES string of the molecule is COc1ccccc1-n1c(=O)n(-c2ccc(Oc3ccccc3)cc2)c2c(N)ncnc21. The normalized spacial score (nSPS) is 10.9. The van der Waals surface area contributed by atoms with Gasteiger partial charge < -0.3 is 15.2 Å². The average Bonchev–Trinajstić information content (AvgIpc) is 3.13. The van der Waals surface area contributed by atoms with E-state index < -0.39 is 0 Å². The summed E-state index contributed by atoms with van der Waals surface area (Å²) in [6, 6.07) is 23.9. The molecule has 0 bridgehead atoms. The molecule has 0 spiro atoms. The fourth-order valence-electron chi connectivity index (χ4n) is 3.61. The average molecular weight is 425 g/mol. The third-order valence-electron chi connectivity index (χ3n) is 5.05. The molecule has 3 aromatic carbocycles. The van der Waals surface area contributed by atoms with Crippen LogP contribution in [0.3, 0.4) is 0 Å². The number of aromatic nitrogens is 4. The zero-order chi connectivity index (χ0) is 22.1. The molecule has 2 aromatic heterocycles. The molecule has 0 fully saturated rings. The van der Waals surface area contributed by atoms with Crippen molar-refractivity contribution in [1.82, 2.24) is 19.1 Å². The number of para-hydroxylation sites is 3. The van der Waals surface area contributed by atoms with Crippen LogP contribution in [0.2, 0.25) is 0 Å². The highest BCUT2D eigenvalue weighted by Gasteiger charge is 2.21. The van der Waals surface area contributed by atoms with Crippen LogP contribution >= 0.6 is 0 Å². The second-order valence-corrected chi connectivity index (χ2v) is 6.97. The number of hydrogen-bond donors (Lipinski definition) is 1. The van der Waals surface area contributed by atoms with Crippen molar-refractivity contribution in [3.8, 4) is 28.6 Å². The van der Waals surface area contributed by atoms with Crippen molar-refractivity contribution in [1.29, 1.82) is 0 Å². The Morgan fingerprint density at radius 3 is 2.25 bits per heavy atom. The van der Waals surface area contributed by atoms with Gasteiger partial charge in [0, 0.05) is 0 Å². The molecule has 158 valence electrons. The second kappa shape index (κ2) is 7.92. The van der Waals surface area contributed by atoms with Crippen LogP contribution in [0, 0.1) is 0 Å². The minimum absolute atomic E-state index is 0.199. The van der Waals surface area contributed by atoms with Crippen molar-refractivity contribution in [3.05, 3.63) is 95.7 Å². The molecule has 2 heterocycles. The molecular weight excluding hydrogens is 406 g/mol. The lowest BCUT2D eigenvalue weighted by atomic mass is 10.3. The predicted octanol–water partition coefficient (Wildman–Crippen LogP) is 3.95. The van der Waals surface area contributed by atoms with E-state index in [2.05, 4.69) is 9.97 Å². The monoisotopic (exact) mass is 425 g/mol. The molecule has 0 aliphatic heterocycles. The highest BCUT2D eigenvalue weighted by atomic mass is 16.5. The van der Waals surface area contributed by atoms with Crippen molar-refractivity contribution >= 4 is 17.0 Å². The number of fused-ring (bicyclic) bond motifs is 1. The van der Waals surface area contributed by atoms with Gasteiger partial charge in [0.25, 0.3) is 0 Å². The Kier molecular flexibility index (Phi) is 4.79. The molecule has 8 heteroatoms. The van der Waals surface area contributed by atoms with Gasteiger partial charge in [0.15, 0.2) is 11.5 Å². The van der Waals surface area contributed by atoms with E-state index in [1.54, 1.807) is 43.5 Å². The molecule has 0 unspecified atom stereocenters. The minimum Gasteiger partial charge on any atom is -0.495 e. The number of benzene rings is 3. The van der Waals surface area contributed by atoms with Gasteiger partial charge in [-0.05, 0) is 48.5 Å². The summed E-state index contributed by atoms with van der Waals surface area (Å²) in [5, 5.41) is 0. The van der Waals surface area contributed by atoms with E-state index in [1.807, 2.05) is 42.5 Å². The van der Waals surface area contributed by atoms with Crippen LogP contribution in [0.4, 0.5) is 5.82 Å². The van der Waals surface area contributed by atoms with E-state index in [9.17, 15) is 4.79 Å². The lowest BCUT2D eigenvalue weighted by Crippen LogP contribution is -2.22. The van der Waals surface area contributed by atoms with Crippen molar-refractivity contribution in [2.24, 2.45) is 0 Å². The smallest absolute Gasteiger partial charge is 0.339 e. The number of nitrogen functional groups attached to an aromatic ring is 1. The van der Waals surface area contributed by atoms with Gasteiger partial charge in [0.05, 0.1) is 18.5 Å². The lowest BCUT2D eigenvalue weighted by molar-refractivity contribution is 0.413. The van der Waals surface area contributed by atoms with Crippen molar-refractivity contribution < 1.29 is 9.47 Å². The Hall–Kier alpha value is -4.59. The van der Waals surface area contributed by atoms with E-state index in [0.29, 0.717) is 34.0 Å². The second-order valence-electron chi connectivity index (χ2n) is 6.97. The number of methoxy groups -OCH3 is 1. The van der Waals surface area contributed by atoms with Crippen LogP contribution in [0.5, 0.6) is 17.2 Å². The van der Waals surface area contributed by atoms with E-state index in [1.165, 1.54) is 15.5 Å². The number of nitrogens with zero attached hydrogens (tertiary/aromatic N) is 4. The Bertz CT molecular complexity index is 1460. The Balaban J connectivity index is 1.67.